The minimum atomic E-state index is -0.587. The number of pyridine rings is 1. The van der Waals surface area contributed by atoms with Crippen LogP contribution in [0.5, 0.6) is 11.5 Å². The first-order chi connectivity index (χ1) is 18.5. The van der Waals surface area contributed by atoms with Crippen molar-refractivity contribution in [1.29, 1.82) is 0 Å². The topological polar surface area (TPSA) is 147 Å². The van der Waals surface area contributed by atoms with Crippen LogP contribution in [0, 0.1) is 5.82 Å². The van der Waals surface area contributed by atoms with E-state index in [4.69, 9.17) is 14.5 Å². The molecule has 0 unspecified atom stereocenters. The van der Waals surface area contributed by atoms with Crippen molar-refractivity contribution >= 4 is 22.7 Å². The number of fused-ring (bicyclic) bond motifs is 1. The van der Waals surface area contributed by atoms with E-state index in [0.717, 1.165) is 0 Å². The van der Waals surface area contributed by atoms with E-state index < -0.39 is 11.9 Å². The second-order valence-electron chi connectivity index (χ2n) is 8.28. The second-order valence-corrected chi connectivity index (χ2v) is 8.28. The number of aliphatic hydroxyl groups is 2. The standard InChI is InChI=1S/C25H25FN8O4/c1-37-17-7-20(24(26)21(8-17)38-2)33(12-22-27-5-6-28-22)23-4-3-18-25(32-23)31-19(10-29-18)15-9-30-34(11-15)16(13-35)14-36/h3-11,16,35-36H,12-14H2,1-2H3,(H,27,28). The molecule has 0 atom stereocenters. The van der Waals surface area contributed by atoms with Crippen LogP contribution in [-0.2, 0) is 6.54 Å². The molecule has 4 heterocycles. The molecule has 0 spiro atoms. The fraction of sp³-hybridized carbons (Fsp3) is 0.240. The van der Waals surface area contributed by atoms with E-state index >= 15 is 4.39 Å². The zero-order valence-electron chi connectivity index (χ0n) is 20.6. The Labute approximate surface area is 216 Å². The molecule has 0 amide bonds. The normalized spacial score (nSPS) is 11.3. The first kappa shape index (κ1) is 25.0. The fourth-order valence-electron chi connectivity index (χ4n) is 3.92. The largest absolute Gasteiger partial charge is 0.497 e. The lowest BCUT2D eigenvalue weighted by Gasteiger charge is -2.25. The van der Waals surface area contributed by atoms with Crippen LogP contribution in [0.15, 0.2) is 55.2 Å². The third-order valence-corrected chi connectivity index (χ3v) is 5.96. The third kappa shape index (κ3) is 4.84. The van der Waals surface area contributed by atoms with Crippen molar-refractivity contribution in [3.05, 3.63) is 66.9 Å². The van der Waals surface area contributed by atoms with Gasteiger partial charge < -0.3 is 29.6 Å². The fourth-order valence-corrected chi connectivity index (χ4v) is 3.92. The van der Waals surface area contributed by atoms with E-state index in [2.05, 4.69) is 25.0 Å². The van der Waals surface area contributed by atoms with Gasteiger partial charge in [0.05, 0.1) is 63.8 Å². The highest BCUT2D eigenvalue weighted by Crippen LogP contribution is 2.37. The maximum absolute atomic E-state index is 15.5. The summed E-state index contributed by atoms with van der Waals surface area (Å²) in [4.78, 5) is 22.8. The Kier molecular flexibility index (Phi) is 7.11. The summed E-state index contributed by atoms with van der Waals surface area (Å²) in [5.41, 5.74) is 2.17. The van der Waals surface area contributed by atoms with Gasteiger partial charge in [0.25, 0.3) is 0 Å². The molecule has 0 aliphatic carbocycles. The summed E-state index contributed by atoms with van der Waals surface area (Å²) < 4.78 is 27.6. The van der Waals surface area contributed by atoms with E-state index in [1.165, 1.54) is 25.0 Å². The van der Waals surface area contributed by atoms with E-state index in [0.29, 0.717) is 39.8 Å². The Morgan fingerprint density at radius 2 is 1.92 bits per heavy atom. The number of H-pyrrole nitrogens is 1. The third-order valence-electron chi connectivity index (χ3n) is 5.96. The van der Waals surface area contributed by atoms with Gasteiger partial charge in [-0.05, 0) is 12.1 Å². The van der Waals surface area contributed by atoms with Gasteiger partial charge >= 0.3 is 0 Å². The average Bonchev–Trinajstić information content (AvgIpc) is 3.65. The number of nitrogens with one attached hydrogen (secondary N) is 1. The molecule has 0 fully saturated rings. The first-order valence-corrected chi connectivity index (χ1v) is 11.6. The number of hydrogen-bond acceptors (Lipinski definition) is 10. The Balaban J connectivity index is 1.59. The molecular weight excluding hydrogens is 495 g/mol. The summed E-state index contributed by atoms with van der Waals surface area (Å²) in [6.45, 7) is -0.353. The minimum absolute atomic E-state index is 0.0211. The number of aromatic nitrogens is 7. The van der Waals surface area contributed by atoms with Gasteiger partial charge in [0, 0.05) is 36.3 Å². The van der Waals surface area contributed by atoms with Crippen molar-refractivity contribution in [2.24, 2.45) is 0 Å². The maximum Gasteiger partial charge on any atom is 0.188 e. The number of ether oxygens (including phenoxy) is 2. The van der Waals surface area contributed by atoms with Gasteiger partial charge in [0.2, 0.25) is 0 Å². The van der Waals surface area contributed by atoms with E-state index in [1.807, 2.05) is 0 Å². The molecule has 0 bridgehead atoms. The van der Waals surface area contributed by atoms with Crippen LogP contribution in [0.1, 0.15) is 11.9 Å². The van der Waals surface area contributed by atoms with Gasteiger partial charge in [-0.2, -0.15) is 5.10 Å². The van der Waals surface area contributed by atoms with Crippen molar-refractivity contribution in [2.75, 3.05) is 32.3 Å². The molecule has 0 aliphatic heterocycles. The molecule has 13 heteroatoms. The van der Waals surface area contributed by atoms with E-state index in [9.17, 15) is 10.2 Å². The molecule has 0 aliphatic rings. The quantitative estimate of drug-likeness (QED) is 0.251. The Morgan fingerprint density at radius 3 is 2.63 bits per heavy atom. The SMILES string of the molecule is COc1cc(OC)c(F)c(N(Cc2ncc[nH]2)c2ccc3ncc(-c4cnn(C(CO)CO)c4)nc3n2)c1. The average molecular weight is 521 g/mol. The van der Waals surface area contributed by atoms with Crippen LogP contribution >= 0.6 is 0 Å². The molecule has 0 saturated heterocycles. The van der Waals surface area contributed by atoms with Crippen molar-refractivity contribution in [1.82, 2.24) is 34.7 Å². The first-order valence-electron chi connectivity index (χ1n) is 11.6. The monoisotopic (exact) mass is 520 g/mol. The summed E-state index contributed by atoms with van der Waals surface area (Å²) in [6, 6.07) is 5.92. The lowest BCUT2D eigenvalue weighted by Crippen LogP contribution is -2.20. The minimum Gasteiger partial charge on any atom is -0.497 e. The van der Waals surface area contributed by atoms with Crippen LogP contribution in [0.25, 0.3) is 22.4 Å². The molecule has 12 nitrogen and oxygen atoms in total. The van der Waals surface area contributed by atoms with Gasteiger partial charge in [-0.15, -0.1) is 0 Å². The van der Waals surface area contributed by atoms with Crippen molar-refractivity contribution < 1.29 is 24.1 Å². The Morgan fingerprint density at radius 1 is 1.08 bits per heavy atom. The number of halogens is 1. The molecule has 1 aromatic carbocycles. The van der Waals surface area contributed by atoms with Gasteiger partial charge in [0.1, 0.15) is 22.9 Å². The summed E-state index contributed by atoms with van der Waals surface area (Å²) in [5.74, 6) is 0.823. The summed E-state index contributed by atoms with van der Waals surface area (Å²) in [7, 11) is 2.87. The zero-order valence-corrected chi connectivity index (χ0v) is 20.6. The van der Waals surface area contributed by atoms with Crippen molar-refractivity contribution in [3.8, 4) is 22.8 Å². The van der Waals surface area contributed by atoms with Crippen LogP contribution in [-0.4, -0.2) is 72.3 Å². The lowest BCUT2D eigenvalue weighted by atomic mass is 10.2. The molecule has 5 aromatic rings. The number of imidazole rings is 1. The molecule has 0 saturated carbocycles. The molecule has 0 radical (unpaired) electrons. The molecular formula is C25H25FN8O4. The van der Waals surface area contributed by atoms with Crippen LogP contribution < -0.4 is 14.4 Å². The van der Waals surface area contributed by atoms with Gasteiger partial charge in [-0.1, -0.05) is 0 Å². The van der Waals surface area contributed by atoms with Crippen LogP contribution in [0.3, 0.4) is 0 Å². The number of aromatic amines is 1. The highest BCUT2D eigenvalue weighted by Gasteiger charge is 2.22. The van der Waals surface area contributed by atoms with Crippen LogP contribution in [0.4, 0.5) is 15.9 Å². The highest BCUT2D eigenvalue weighted by molar-refractivity contribution is 5.77. The van der Waals surface area contributed by atoms with Gasteiger partial charge in [-0.25, -0.2) is 19.3 Å². The number of aliphatic hydroxyl groups excluding tert-OH is 2. The van der Waals surface area contributed by atoms with Gasteiger partial charge in [0.15, 0.2) is 17.2 Å². The van der Waals surface area contributed by atoms with Crippen LogP contribution in [0.2, 0.25) is 0 Å². The molecule has 38 heavy (non-hydrogen) atoms. The Hall–Kier alpha value is -4.62. The lowest BCUT2D eigenvalue weighted by molar-refractivity contribution is 0.146. The number of rotatable bonds is 10. The molecule has 4 aromatic heterocycles. The smallest absolute Gasteiger partial charge is 0.188 e. The molecule has 5 rings (SSSR count). The van der Waals surface area contributed by atoms with Gasteiger partial charge in [-0.3, -0.25) is 9.67 Å². The second kappa shape index (κ2) is 10.8. The van der Waals surface area contributed by atoms with E-state index in [1.54, 1.807) is 54.1 Å². The summed E-state index contributed by atoms with van der Waals surface area (Å²) in [5, 5.41) is 23.1. The molecule has 196 valence electrons. The van der Waals surface area contributed by atoms with Crippen molar-refractivity contribution in [3.63, 3.8) is 0 Å². The number of hydrogen-bond donors (Lipinski definition) is 3. The van der Waals surface area contributed by atoms with E-state index in [-0.39, 0.29) is 31.2 Å². The number of anilines is 2. The number of nitrogens with zero attached hydrogens (tertiary/aromatic N) is 7. The molecule has 3 N–H and O–H groups in total. The predicted molar refractivity (Wildman–Crippen MR) is 136 cm³/mol. The number of benzene rings is 1. The summed E-state index contributed by atoms with van der Waals surface area (Å²) >= 11 is 0. The Bertz CT molecular complexity index is 1540. The predicted octanol–water partition coefficient (Wildman–Crippen LogP) is 2.63. The number of methoxy groups -OCH3 is 2. The summed E-state index contributed by atoms with van der Waals surface area (Å²) in [6.07, 6.45) is 8.11. The van der Waals surface area contributed by atoms with Crippen molar-refractivity contribution in [2.45, 2.75) is 12.6 Å². The maximum atomic E-state index is 15.5. The zero-order chi connectivity index (χ0) is 26.6. The highest BCUT2D eigenvalue weighted by atomic mass is 19.1.